The Labute approximate surface area is 206 Å². The number of pyridine rings is 1. The highest BCUT2D eigenvalue weighted by Crippen LogP contribution is 2.36. The van der Waals surface area contributed by atoms with Gasteiger partial charge < -0.3 is 4.90 Å². The molecule has 0 unspecified atom stereocenters. The maximum absolute atomic E-state index is 13.4. The molecule has 0 N–H and O–H groups in total. The Balaban J connectivity index is 1.62. The van der Waals surface area contributed by atoms with Crippen molar-refractivity contribution in [3.8, 4) is 0 Å². The Morgan fingerprint density at radius 2 is 1.56 bits per heavy atom. The summed E-state index contributed by atoms with van der Waals surface area (Å²) in [5.41, 5.74) is -4.04. The van der Waals surface area contributed by atoms with Crippen LogP contribution < -0.4 is 4.90 Å². The maximum atomic E-state index is 13.4. The summed E-state index contributed by atoms with van der Waals surface area (Å²) in [6, 6.07) is 14.3. The molecule has 1 saturated heterocycles. The number of hydrogen-bond donors (Lipinski definition) is 0. The second kappa shape index (κ2) is 9.05. The van der Waals surface area contributed by atoms with Crippen LogP contribution in [0.15, 0.2) is 78.0 Å². The molecular formula is C25H22F3N3O4S. The third-order valence-electron chi connectivity index (χ3n) is 6.10. The molecule has 0 bridgehead atoms. The van der Waals surface area contributed by atoms with Crippen LogP contribution in [0.1, 0.15) is 30.5 Å². The lowest BCUT2D eigenvalue weighted by Gasteiger charge is -2.28. The summed E-state index contributed by atoms with van der Waals surface area (Å²) in [4.78, 5) is 32.0. The van der Waals surface area contributed by atoms with Gasteiger partial charge in [-0.15, -0.1) is 0 Å². The minimum atomic E-state index is -5.55. The highest BCUT2D eigenvalue weighted by atomic mass is 32.2. The molecule has 1 aromatic heterocycles. The number of rotatable bonds is 6. The molecule has 4 rings (SSSR count). The van der Waals surface area contributed by atoms with Crippen molar-refractivity contribution >= 4 is 27.5 Å². The zero-order valence-corrected chi connectivity index (χ0v) is 20.2. The smallest absolute Gasteiger partial charge is 0.305 e. The molecule has 0 radical (unpaired) electrons. The van der Waals surface area contributed by atoms with E-state index in [4.69, 9.17) is 0 Å². The van der Waals surface area contributed by atoms with Gasteiger partial charge in [0.05, 0.1) is 10.6 Å². The van der Waals surface area contributed by atoms with E-state index in [0.29, 0.717) is 6.42 Å². The third-order valence-corrected chi connectivity index (χ3v) is 7.61. The van der Waals surface area contributed by atoms with Crippen LogP contribution in [0, 0.1) is 0 Å². The summed E-state index contributed by atoms with van der Waals surface area (Å²) in [6.07, 6.45) is 3.87. The molecule has 0 spiro atoms. The van der Waals surface area contributed by atoms with E-state index in [9.17, 15) is 31.2 Å². The molecule has 2 aromatic carbocycles. The van der Waals surface area contributed by atoms with Crippen molar-refractivity contribution in [1.29, 1.82) is 0 Å². The van der Waals surface area contributed by atoms with Crippen LogP contribution >= 0.6 is 0 Å². The highest BCUT2D eigenvalue weighted by molar-refractivity contribution is 7.92. The number of amides is 3. The Hall–Kier alpha value is -3.73. The molecule has 11 heteroatoms. The largest absolute Gasteiger partial charge is 0.501 e. The van der Waals surface area contributed by atoms with Crippen LogP contribution in [0.25, 0.3) is 0 Å². The minimum absolute atomic E-state index is 0.0269. The number of hydrogen-bond acceptors (Lipinski definition) is 5. The molecule has 1 fully saturated rings. The van der Waals surface area contributed by atoms with Gasteiger partial charge in [-0.2, -0.15) is 13.2 Å². The summed E-state index contributed by atoms with van der Waals surface area (Å²) in [5, 5.41) is 0. The lowest BCUT2D eigenvalue weighted by molar-refractivity contribution is -0.123. The van der Waals surface area contributed by atoms with E-state index in [1.807, 2.05) is 30.3 Å². The van der Waals surface area contributed by atoms with Crippen LogP contribution in [0.3, 0.4) is 0 Å². The van der Waals surface area contributed by atoms with Gasteiger partial charge in [0.15, 0.2) is 0 Å². The normalized spacial score (nSPS) is 16.0. The van der Waals surface area contributed by atoms with Gasteiger partial charge >= 0.3 is 11.5 Å². The Morgan fingerprint density at radius 3 is 2.17 bits per heavy atom. The molecule has 3 amide bonds. The van der Waals surface area contributed by atoms with E-state index in [1.165, 1.54) is 4.90 Å². The number of carbonyl (C=O) groups is 2. The van der Waals surface area contributed by atoms with Gasteiger partial charge in [0.2, 0.25) is 0 Å². The van der Waals surface area contributed by atoms with Crippen molar-refractivity contribution in [2.24, 2.45) is 0 Å². The molecule has 188 valence electrons. The molecule has 0 saturated carbocycles. The summed E-state index contributed by atoms with van der Waals surface area (Å²) in [7, 11) is -5.55. The first kappa shape index (κ1) is 25.4. The van der Waals surface area contributed by atoms with Gasteiger partial charge in [0, 0.05) is 18.9 Å². The Kier molecular flexibility index (Phi) is 6.38. The average Bonchev–Trinajstić information content (AvgIpc) is 2.99. The fraction of sp³-hybridized carbons (Fsp3) is 0.240. The summed E-state index contributed by atoms with van der Waals surface area (Å²) in [5.74, 6) is -0.586. The van der Waals surface area contributed by atoms with Crippen LogP contribution in [-0.4, -0.2) is 41.3 Å². The van der Waals surface area contributed by atoms with Crippen LogP contribution in [0.4, 0.5) is 23.7 Å². The van der Waals surface area contributed by atoms with E-state index in [0.717, 1.165) is 45.9 Å². The maximum Gasteiger partial charge on any atom is 0.501 e. The number of sulfone groups is 1. The number of urea groups is 1. The first-order valence-electron chi connectivity index (χ1n) is 10.9. The minimum Gasteiger partial charge on any atom is -0.305 e. The van der Waals surface area contributed by atoms with Crippen molar-refractivity contribution in [3.63, 3.8) is 0 Å². The number of nitrogens with zero attached hydrogens (tertiary/aromatic N) is 3. The molecule has 0 aliphatic carbocycles. The van der Waals surface area contributed by atoms with Crippen LogP contribution in [0.2, 0.25) is 0 Å². The number of alkyl halides is 3. The van der Waals surface area contributed by atoms with E-state index >= 15 is 0 Å². The number of halogens is 3. The molecule has 1 aliphatic heterocycles. The first-order valence-corrected chi connectivity index (χ1v) is 12.4. The lowest BCUT2D eigenvalue weighted by atomic mass is 9.99. The van der Waals surface area contributed by atoms with E-state index in [1.54, 1.807) is 32.3 Å². The third kappa shape index (κ3) is 4.46. The molecule has 7 nitrogen and oxygen atoms in total. The van der Waals surface area contributed by atoms with Crippen molar-refractivity contribution in [3.05, 3.63) is 89.7 Å². The predicted molar refractivity (Wildman–Crippen MR) is 126 cm³/mol. The van der Waals surface area contributed by atoms with Gasteiger partial charge in [-0.1, -0.05) is 30.3 Å². The molecule has 36 heavy (non-hydrogen) atoms. The second-order valence-corrected chi connectivity index (χ2v) is 10.8. The first-order chi connectivity index (χ1) is 16.8. The van der Waals surface area contributed by atoms with Gasteiger partial charge in [0.1, 0.15) is 5.54 Å². The van der Waals surface area contributed by atoms with Crippen LogP contribution in [0.5, 0.6) is 0 Å². The molecule has 0 atom stereocenters. The number of aromatic nitrogens is 1. The summed E-state index contributed by atoms with van der Waals surface area (Å²) >= 11 is 0. The zero-order chi connectivity index (χ0) is 26.3. The standard InChI is InChI=1S/C25H22F3N3O4S/c1-24(2)22(32)31(20-8-10-21(11-9-20)36(34,35)25(26,27)28)23(33)30(24)16-18-12-13-29-15-19(18)14-17-6-4-3-5-7-17/h3-13,15H,14,16H2,1-2H3. The SMILES string of the molecule is CC1(C)C(=O)N(c2ccc(S(=O)(=O)C(F)(F)F)cc2)C(=O)N1Cc1ccncc1Cc1ccccc1. The fourth-order valence-electron chi connectivity index (χ4n) is 3.99. The zero-order valence-electron chi connectivity index (χ0n) is 19.4. The van der Waals surface area contributed by atoms with E-state index in [2.05, 4.69) is 4.98 Å². The molecule has 3 aromatic rings. The number of imide groups is 1. The quantitative estimate of drug-likeness (QED) is 0.442. The van der Waals surface area contributed by atoms with Crippen molar-refractivity contribution < 1.29 is 31.2 Å². The topological polar surface area (TPSA) is 87.7 Å². The van der Waals surface area contributed by atoms with E-state index in [-0.39, 0.29) is 12.2 Å². The highest BCUT2D eigenvalue weighted by Gasteiger charge is 2.52. The van der Waals surface area contributed by atoms with Gasteiger partial charge in [-0.05, 0) is 67.3 Å². The fourth-order valence-corrected chi connectivity index (χ4v) is 4.75. The van der Waals surface area contributed by atoms with Crippen molar-refractivity contribution in [2.75, 3.05) is 4.90 Å². The van der Waals surface area contributed by atoms with E-state index < -0.39 is 37.7 Å². The summed E-state index contributed by atoms with van der Waals surface area (Å²) < 4.78 is 61.9. The average molecular weight is 518 g/mol. The Bertz CT molecular complexity index is 1410. The number of anilines is 1. The lowest BCUT2D eigenvalue weighted by Crippen LogP contribution is -2.43. The molecule has 1 aliphatic rings. The molecule has 2 heterocycles. The van der Waals surface area contributed by atoms with Gasteiger partial charge in [0.25, 0.3) is 15.7 Å². The second-order valence-electron chi connectivity index (χ2n) is 8.82. The van der Waals surface area contributed by atoms with Gasteiger partial charge in [-0.25, -0.2) is 18.1 Å². The van der Waals surface area contributed by atoms with Gasteiger partial charge in [-0.3, -0.25) is 9.78 Å². The number of benzene rings is 2. The molecular weight excluding hydrogens is 495 g/mol. The Morgan fingerprint density at radius 1 is 0.917 bits per heavy atom. The monoisotopic (exact) mass is 517 g/mol. The predicted octanol–water partition coefficient (Wildman–Crippen LogP) is 4.71. The summed E-state index contributed by atoms with van der Waals surface area (Å²) in [6.45, 7) is 3.25. The van der Waals surface area contributed by atoms with Crippen LogP contribution in [-0.2, 0) is 27.6 Å². The van der Waals surface area contributed by atoms with Crippen molar-refractivity contribution in [2.45, 2.75) is 42.8 Å². The van der Waals surface area contributed by atoms with Crippen molar-refractivity contribution in [1.82, 2.24) is 9.88 Å². The number of carbonyl (C=O) groups excluding carboxylic acids is 2.